The van der Waals surface area contributed by atoms with E-state index in [1.807, 2.05) is 37.3 Å². The summed E-state index contributed by atoms with van der Waals surface area (Å²) in [4.78, 5) is 12.5. The van der Waals surface area contributed by atoms with Gasteiger partial charge in [0.25, 0.3) is 5.91 Å². The van der Waals surface area contributed by atoms with Crippen molar-refractivity contribution in [3.63, 3.8) is 0 Å². The number of benzene rings is 2. The Kier molecular flexibility index (Phi) is 5.60. The van der Waals surface area contributed by atoms with Crippen LogP contribution in [-0.4, -0.2) is 27.8 Å². The number of aliphatic hydroxyl groups excluding tert-OH is 1. The molecular weight excluding hydrogens is 294 g/mol. The van der Waals surface area contributed by atoms with E-state index in [1.165, 1.54) is 6.07 Å². The molecule has 0 fully saturated rings. The number of hydrogen-bond donors (Lipinski definition) is 4. The Morgan fingerprint density at radius 2 is 1.78 bits per heavy atom. The van der Waals surface area contributed by atoms with Crippen LogP contribution in [0.5, 0.6) is 11.5 Å². The van der Waals surface area contributed by atoms with Gasteiger partial charge in [0.15, 0.2) is 0 Å². The lowest BCUT2D eigenvalue weighted by atomic mass is 9.94. The number of carbonyl (C=O) groups excluding carboxylic acids is 1. The van der Waals surface area contributed by atoms with Crippen molar-refractivity contribution in [2.24, 2.45) is 0 Å². The van der Waals surface area contributed by atoms with Crippen LogP contribution in [0.3, 0.4) is 0 Å². The molecule has 2 rings (SSSR count). The highest BCUT2D eigenvalue weighted by Gasteiger charge is 2.21. The smallest absolute Gasteiger partial charge is 0.255 e. The van der Waals surface area contributed by atoms with Crippen LogP contribution in [0, 0.1) is 0 Å². The third kappa shape index (κ3) is 3.81. The molecule has 0 saturated heterocycles. The van der Waals surface area contributed by atoms with Crippen LogP contribution in [0.15, 0.2) is 36.4 Å². The van der Waals surface area contributed by atoms with Gasteiger partial charge in [0.1, 0.15) is 11.5 Å². The van der Waals surface area contributed by atoms with E-state index in [9.17, 15) is 20.1 Å². The number of phenolic OH excluding ortho intramolecular Hbond substituents is 2. The number of nitrogens with one attached hydrogen (secondary N) is 1. The molecule has 0 aromatic heterocycles. The maximum absolute atomic E-state index is 12.5. The van der Waals surface area contributed by atoms with Gasteiger partial charge in [0.05, 0.1) is 5.56 Å². The van der Waals surface area contributed by atoms with E-state index in [0.717, 1.165) is 5.56 Å². The van der Waals surface area contributed by atoms with Crippen molar-refractivity contribution in [3.8, 4) is 11.5 Å². The molecule has 0 aliphatic rings. The first kappa shape index (κ1) is 16.8. The van der Waals surface area contributed by atoms with Crippen LogP contribution < -0.4 is 5.32 Å². The van der Waals surface area contributed by atoms with Gasteiger partial charge in [-0.3, -0.25) is 4.79 Å². The summed E-state index contributed by atoms with van der Waals surface area (Å²) in [7, 11) is 0. The molecule has 2 aromatic carbocycles. The molecule has 0 saturated carbocycles. The second-order valence-electron chi connectivity index (χ2n) is 5.24. The Balaban J connectivity index is 2.31. The van der Waals surface area contributed by atoms with Crippen molar-refractivity contribution in [1.29, 1.82) is 0 Å². The van der Waals surface area contributed by atoms with Crippen molar-refractivity contribution in [2.75, 3.05) is 6.61 Å². The quantitative estimate of drug-likeness (QED) is 0.657. The highest BCUT2D eigenvalue weighted by molar-refractivity contribution is 5.99. The summed E-state index contributed by atoms with van der Waals surface area (Å²) in [6.07, 6.45) is 0.694. The predicted molar refractivity (Wildman–Crippen MR) is 87.6 cm³/mol. The molecule has 0 spiro atoms. The summed E-state index contributed by atoms with van der Waals surface area (Å²) in [5, 5.41) is 32.0. The van der Waals surface area contributed by atoms with Crippen molar-refractivity contribution in [2.45, 2.75) is 26.3 Å². The molecule has 5 nitrogen and oxygen atoms in total. The van der Waals surface area contributed by atoms with Gasteiger partial charge in [-0.25, -0.2) is 0 Å². The minimum atomic E-state index is -0.426. The minimum absolute atomic E-state index is 0.0620. The Bertz CT molecular complexity index is 683. The average Bonchev–Trinajstić information content (AvgIpc) is 2.54. The zero-order valence-corrected chi connectivity index (χ0v) is 13.0. The monoisotopic (exact) mass is 315 g/mol. The molecule has 1 amide bonds. The fourth-order valence-corrected chi connectivity index (χ4v) is 2.65. The number of carbonyl (C=O) groups is 1. The molecule has 122 valence electrons. The molecule has 0 unspecified atom stereocenters. The number of amides is 1. The molecule has 0 atom stereocenters. The predicted octanol–water partition coefficient (Wildman–Crippen LogP) is 2.13. The lowest BCUT2D eigenvalue weighted by molar-refractivity contribution is 0.0947. The standard InChI is InChI=1S/C18H21NO4/c1-2-13-14(8-9-20)17(16(22)10-15(13)21)18(23)19-11-12-6-4-3-5-7-12/h3-7,10,20-22H,2,8-9,11H2,1H3,(H,19,23). The van der Waals surface area contributed by atoms with Gasteiger partial charge in [-0.1, -0.05) is 37.3 Å². The first-order chi connectivity index (χ1) is 11.1. The number of phenols is 2. The lowest BCUT2D eigenvalue weighted by Gasteiger charge is -2.16. The molecule has 2 aromatic rings. The SMILES string of the molecule is CCc1c(O)cc(O)c(C(=O)NCc2ccccc2)c1CCO. The van der Waals surface area contributed by atoms with Crippen molar-refractivity contribution < 1.29 is 20.1 Å². The number of rotatable bonds is 6. The third-order valence-electron chi connectivity index (χ3n) is 3.74. The normalized spacial score (nSPS) is 10.5. The molecule has 0 radical (unpaired) electrons. The largest absolute Gasteiger partial charge is 0.508 e. The summed E-state index contributed by atoms with van der Waals surface area (Å²) in [5.41, 5.74) is 2.11. The number of hydrogen-bond acceptors (Lipinski definition) is 4. The first-order valence-corrected chi connectivity index (χ1v) is 7.58. The summed E-state index contributed by atoms with van der Waals surface area (Å²) in [5.74, 6) is -0.772. The van der Waals surface area contributed by atoms with Gasteiger partial charge >= 0.3 is 0 Å². The summed E-state index contributed by atoms with van der Waals surface area (Å²) >= 11 is 0. The Hall–Kier alpha value is -2.53. The minimum Gasteiger partial charge on any atom is -0.508 e. The van der Waals surface area contributed by atoms with E-state index in [-0.39, 0.29) is 30.1 Å². The summed E-state index contributed by atoms with van der Waals surface area (Å²) in [6.45, 7) is 2.01. The van der Waals surface area contributed by atoms with E-state index in [2.05, 4.69) is 5.32 Å². The number of aromatic hydroxyl groups is 2. The van der Waals surface area contributed by atoms with Crippen LogP contribution in [0.25, 0.3) is 0 Å². The Morgan fingerprint density at radius 1 is 1.09 bits per heavy atom. The van der Waals surface area contributed by atoms with Crippen LogP contribution in [0.4, 0.5) is 0 Å². The maximum atomic E-state index is 12.5. The Morgan fingerprint density at radius 3 is 2.39 bits per heavy atom. The van der Waals surface area contributed by atoms with E-state index < -0.39 is 5.91 Å². The van der Waals surface area contributed by atoms with Crippen molar-refractivity contribution in [1.82, 2.24) is 5.32 Å². The fourth-order valence-electron chi connectivity index (χ4n) is 2.65. The van der Waals surface area contributed by atoms with Crippen LogP contribution >= 0.6 is 0 Å². The topological polar surface area (TPSA) is 89.8 Å². The van der Waals surface area contributed by atoms with E-state index >= 15 is 0 Å². The van der Waals surface area contributed by atoms with Gasteiger partial charge in [-0.2, -0.15) is 0 Å². The molecule has 4 N–H and O–H groups in total. The summed E-state index contributed by atoms with van der Waals surface area (Å²) in [6, 6.07) is 10.6. The van der Waals surface area contributed by atoms with Crippen LogP contribution in [0.2, 0.25) is 0 Å². The van der Waals surface area contributed by atoms with E-state index in [4.69, 9.17) is 0 Å². The maximum Gasteiger partial charge on any atom is 0.255 e. The average molecular weight is 315 g/mol. The second-order valence-corrected chi connectivity index (χ2v) is 5.24. The molecular formula is C18H21NO4. The third-order valence-corrected chi connectivity index (χ3v) is 3.74. The van der Waals surface area contributed by atoms with E-state index in [0.29, 0.717) is 24.1 Å². The highest BCUT2D eigenvalue weighted by atomic mass is 16.3. The molecule has 0 aliphatic carbocycles. The number of aliphatic hydroxyl groups is 1. The lowest BCUT2D eigenvalue weighted by Crippen LogP contribution is -2.25. The summed E-state index contributed by atoms with van der Waals surface area (Å²) < 4.78 is 0. The van der Waals surface area contributed by atoms with Gasteiger partial charge < -0.3 is 20.6 Å². The van der Waals surface area contributed by atoms with Gasteiger partial charge in [-0.05, 0) is 29.5 Å². The van der Waals surface area contributed by atoms with Crippen molar-refractivity contribution >= 4 is 5.91 Å². The molecule has 0 aliphatic heterocycles. The van der Waals surface area contributed by atoms with Gasteiger partial charge in [0.2, 0.25) is 0 Å². The first-order valence-electron chi connectivity index (χ1n) is 7.58. The van der Waals surface area contributed by atoms with Crippen LogP contribution in [-0.2, 0) is 19.4 Å². The zero-order valence-electron chi connectivity index (χ0n) is 13.0. The molecule has 23 heavy (non-hydrogen) atoms. The second kappa shape index (κ2) is 7.65. The fraction of sp³-hybridized carbons (Fsp3) is 0.278. The van der Waals surface area contributed by atoms with Gasteiger partial charge in [0, 0.05) is 19.2 Å². The highest BCUT2D eigenvalue weighted by Crippen LogP contribution is 2.33. The zero-order chi connectivity index (χ0) is 16.8. The van der Waals surface area contributed by atoms with Crippen LogP contribution in [0.1, 0.15) is 34.0 Å². The molecule has 0 heterocycles. The van der Waals surface area contributed by atoms with Gasteiger partial charge in [-0.15, -0.1) is 0 Å². The molecule has 5 heteroatoms. The Labute approximate surface area is 135 Å². The van der Waals surface area contributed by atoms with Crippen molar-refractivity contribution in [3.05, 3.63) is 58.7 Å². The molecule has 0 bridgehead atoms. The van der Waals surface area contributed by atoms with E-state index in [1.54, 1.807) is 0 Å².